The lowest BCUT2D eigenvalue weighted by Gasteiger charge is -2.24. The molecule has 0 nitrogen and oxygen atoms in total. The molecule has 0 amide bonds. The van der Waals surface area contributed by atoms with Crippen LogP contribution in [0.3, 0.4) is 0 Å². The van der Waals surface area contributed by atoms with Crippen LogP contribution in [0.4, 0.5) is 0 Å². The molecule has 0 saturated carbocycles. The van der Waals surface area contributed by atoms with Crippen LogP contribution in [0.25, 0.3) is 0 Å². The lowest BCUT2D eigenvalue weighted by Crippen LogP contribution is -1.88. The van der Waals surface area contributed by atoms with Crippen LogP contribution >= 0.6 is 26.8 Å². The highest BCUT2D eigenvalue weighted by atomic mass is 79.9. The van der Waals surface area contributed by atoms with Crippen LogP contribution < -0.4 is 0 Å². The molecule has 0 aromatic heterocycles. The Kier molecular flexibility index (Phi) is 4.24. The minimum Gasteiger partial charge on any atom is -0.172 e. The third kappa shape index (κ3) is 2.82. The van der Waals surface area contributed by atoms with Crippen molar-refractivity contribution >= 4 is 26.8 Å². The van der Waals surface area contributed by atoms with Crippen molar-refractivity contribution in [3.63, 3.8) is 0 Å². The maximum Gasteiger partial charge on any atom is 0.0300 e. The summed E-state index contributed by atoms with van der Waals surface area (Å²) in [4.78, 5) is 4.11. The van der Waals surface area contributed by atoms with Crippen molar-refractivity contribution < 1.29 is 0 Å². The van der Waals surface area contributed by atoms with Gasteiger partial charge < -0.3 is 0 Å². The first kappa shape index (κ1) is 13.5. The fourth-order valence-corrected chi connectivity index (χ4v) is 5.35. The molecule has 0 heterocycles. The van der Waals surface area contributed by atoms with Crippen molar-refractivity contribution in [3.8, 4) is 0 Å². The number of benzene rings is 3. The van der Waals surface area contributed by atoms with Crippen LogP contribution in [0, 0.1) is 0 Å². The molecule has 0 atom stereocenters. The van der Waals surface area contributed by atoms with E-state index >= 15 is 0 Å². The van der Waals surface area contributed by atoms with Crippen LogP contribution in [-0.4, -0.2) is 0 Å². The van der Waals surface area contributed by atoms with Crippen molar-refractivity contribution in [3.05, 3.63) is 89.4 Å². The lowest BCUT2D eigenvalue weighted by atomic mass is 10.4. The summed E-state index contributed by atoms with van der Waals surface area (Å²) in [6, 6.07) is 30.0. The molecule has 0 aliphatic heterocycles. The highest BCUT2D eigenvalue weighted by Gasteiger charge is 2.14. The molecule has 2 heteroatoms. The van der Waals surface area contributed by atoms with E-state index in [1.807, 2.05) is 0 Å². The lowest BCUT2D eigenvalue weighted by molar-refractivity contribution is 1.31. The van der Waals surface area contributed by atoms with Gasteiger partial charge in [0.25, 0.3) is 0 Å². The predicted octanol–water partition coefficient (Wildman–Crippen LogP) is 5.93. The second-order valence-electron chi connectivity index (χ2n) is 4.46. The zero-order chi connectivity index (χ0) is 13.8. The smallest absolute Gasteiger partial charge is 0.0300 e. The summed E-state index contributed by atoms with van der Waals surface area (Å²) in [7, 11) is -0.514. The van der Waals surface area contributed by atoms with Gasteiger partial charge in [-0.25, -0.2) is 0 Å². The molecular formula is C18H15BrS. The zero-order valence-electron chi connectivity index (χ0n) is 10.9. The van der Waals surface area contributed by atoms with Gasteiger partial charge in [-0.15, -0.1) is 0 Å². The van der Waals surface area contributed by atoms with Gasteiger partial charge in [-0.3, -0.25) is 0 Å². The SMILES string of the molecule is Brc1ccccc1[SH](c1ccccc1)c1ccccc1. The average Bonchev–Trinajstić information content (AvgIpc) is 2.52. The van der Waals surface area contributed by atoms with Gasteiger partial charge in [-0.1, -0.05) is 48.5 Å². The largest absolute Gasteiger partial charge is 0.172 e. The van der Waals surface area contributed by atoms with E-state index in [1.165, 1.54) is 19.2 Å². The van der Waals surface area contributed by atoms with Crippen LogP contribution in [-0.2, 0) is 0 Å². The van der Waals surface area contributed by atoms with Gasteiger partial charge in [-0.05, 0) is 62.1 Å². The average molecular weight is 343 g/mol. The molecule has 0 unspecified atom stereocenters. The van der Waals surface area contributed by atoms with E-state index in [4.69, 9.17) is 0 Å². The van der Waals surface area contributed by atoms with Crippen LogP contribution in [0.5, 0.6) is 0 Å². The quantitative estimate of drug-likeness (QED) is 0.560. The second kappa shape index (κ2) is 6.29. The first-order valence-electron chi connectivity index (χ1n) is 6.51. The fraction of sp³-hybridized carbons (Fsp3) is 0. The minimum absolute atomic E-state index is 0.514. The van der Waals surface area contributed by atoms with Crippen molar-refractivity contribution in [2.75, 3.05) is 0 Å². The first-order valence-corrected chi connectivity index (χ1v) is 8.64. The molecule has 0 radical (unpaired) electrons. The van der Waals surface area contributed by atoms with Crippen molar-refractivity contribution in [2.24, 2.45) is 0 Å². The minimum atomic E-state index is -0.514. The Balaban J connectivity index is 2.17. The fourth-order valence-electron chi connectivity index (χ4n) is 2.21. The predicted molar refractivity (Wildman–Crippen MR) is 90.8 cm³/mol. The van der Waals surface area contributed by atoms with Gasteiger partial charge in [-0.2, -0.15) is 10.9 Å². The van der Waals surface area contributed by atoms with E-state index < -0.39 is 10.9 Å². The Hall–Kier alpha value is -1.51. The number of rotatable bonds is 3. The summed E-state index contributed by atoms with van der Waals surface area (Å²) in [5, 5.41) is 0. The Bertz CT molecular complexity index is 641. The molecule has 0 spiro atoms. The number of thiol groups is 1. The van der Waals surface area contributed by atoms with Crippen molar-refractivity contribution in [2.45, 2.75) is 14.7 Å². The maximum atomic E-state index is 3.71. The summed E-state index contributed by atoms with van der Waals surface area (Å²) in [5.41, 5.74) is 0. The summed E-state index contributed by atoms with van der Waals surface area (Å²) in [6.45, 7) is 0. The summed E-state index contributed by atoms with van der Waals surface area (Å²) in [5.74, 6) is 0. The van der Waals surface area contributed by atoms with Gasteiger partial charge in [0.15, 0.2) is 0 Å². The highest BCUT2D eigenvalue weighted by Crippen LogP contribution is 2.53. The zero-order valence-corrected chi connectivity index (χ0v) is 13.4. The molecule has 0 bridgehead atoms. The standard InChI is InChI=1S/C18H15BrS/c19-17-13-7-8-14-18(17)20(15-9-3-1-4-10-15)16-11-5-2-6-12-16/h1-14,20H. The molecule has 3 aromatic rings. The molecule has 3 rings (SSSR count). The molecule has 0 saturated heterocycles. The Morgan fingerprint density at radius 1 is 0.550 bits per heavy atom. The normalized spacial score (nSPS) is 11.2. The van der Waals surface area contributed by atoms with E-state index in [0.717, 1.165) is 0 Å². The van der Waals surface area contributed by atoms with E-state index in [1.54, 1.807) is 0 Å². The van der Waals surface area contributed by atoms with Gasteiger partial charge in [0.1, 0.15) is 0 Å². The maximum absolute atomic E-state index is 3.71. The highest BCUT2D eigenvalue weighted by molar-refractivity contribution is 9.10. The first-order chi connectivity index (χ1) is 9.86. The molecule has 0 aliphatic rings. The summed E-state index contributed by atoms with van der Waals surface area (Å²) < 4.78 is 1.18. The summed E-state index contributed by atoms with van der Waals surface area (Å²) >= 11 is 3.71. The van der Waals surface area contributed by atoms with Gasteiger partial charge in [0.05, 0.1) is 0 Å². The van der Waals surface area contributed by atoms with E-state index in [2.05, 4.69) is 101 Å². The van der Waals surface area contributed by atoms with E-state index in [9.17, 15) is 0 Å². The van der Waals surface area contributed by atoms with Crippen LogP contribution in [0.1, 0.15) is 0 Å². The second-order valence-corrected chi connectivity index (χ2v) is 7.50. The molecule has 0 aliphatic carbocycles. The molecule has 20 heavy (non-hydrogen) atoms. The number of hydrogen-bond donors (Lipinski definition) is 1. The molecule has 3 aromatic carbocycles. The Morgan fingerprint density at radius 2 is 1.00 bits per heavy atom. The monoisotopic (exact) mass is 342 g/mol. The van der Waals surface area contributed by atoms with E-state index in [0.29, 0.717) is 0 Å². The van der Waals surface area contributed by atoms with Crippen molar-refractivity contribution in [1.82, 2.24) is 0 Å². The van der Waals surface area contributed by atoms with Gasteiger partial charge >= 0.3 is 0 Å². The van der Waals surface area contributed by atoms with Crippen LogP contribution in [0.15, 0.2) is 104 Å². The topological polar surface area (TPSA) is 0 Å². The van der Waals surface area contributed by atoms with Crippen molar-refractivity contribution in [1.29, 1.82) is 0 Å². The Morgan fingerprint density at radius 3 is 1.50 bits per heavy atom. The molecular weight excluding hydrogens is 328 g/mol. The van der Waals surface area contributed by atoms with Gasteiger partial charge in [0.2, 0.25) is 0 Å². The number of hydrogen-bond acceptors (Lipinski definition) is 0. The molecule has 100 valence electrons. The third-order valence-electron chi connectivity index (χ3n) is 3.12. The van der Waals surface area contributed by atoms with Gasteiger partial charge in [0, 0.05) is 9.37 Å². The third-order valence-corrected chi connectivity index (χ3v) is 6.62. The molecule has 0 fully saturated rings. The van der Waals surface area contributed by atoms with E-state index in [-0.39, 0.29) is 0 Å². The molecule has 0 N–H and O–H groups in total. The van der Waals surface area contributed by atoms with Crippen LogP contribution in [0.2, 0.25) is 0 Å². The summed E-state index contributed by atoms with van der Waals surface area (Å²) in [6.07, 6.45) is 0. The number of halogens is 1. The Labute approximate surface area is 131 Å².